The molecule has 0 fully saturated rings. The number of hydrogen-bond acceptors (Lipinski definition) is 4. The number of hydrogen-bond donors (Lipinski definition) is 2. The first-order chi connectivity index (χ1) is 11.5. The Morgan fingerprint density at radius 3 is 2.54 bits per heavy atom. The van der Waals surface area contributed by atoms with Crippen molar-refractivity contribution in [2.75, 3.05) is 5.75 Å². The number of aromatic nitrogens is 2. The van der Waals surface area contributed by atoms with E-state index < -0.39 is 0 Å². The van der Waals surface area contributed by atoms with Crippen molar-refractivity contribution in [1.29, 1.82) is 0 Å². The normalized spacial score (nSPS) is 12.2. The first-order valence-electron chi connectivity index (χ1n) is 8.06. The van der Waals surface area contributed by atoms with Crippen LogP contribution in [0.1, 0.15) is 37.9 Å². The molecule has 128 valence electrons. The number of H-pyrrole nitrogens is 1. The molecule has 1 aromatic heterocycles. The summed E-state index contributed by atoms with van der Waals surface area (Å²) in [5, 5.41) is 3.53. The van der Waals surface area contributed by atoms with Crippen LogP contribution in [0.25, 0.3) is 0 Å². The predicted molar refractivity (Wildman–Crippen MR) is 97.1 cm³/mol. The summed E-state index contributed by atoms with van der Waals surface area (Å²) in [5.41, 5.74) is 2.16. The molecule has 0 spiro atoms. The van der Waals surface area contributed by atoms with E-state index in [-0.39, 0.29) is 29.2 Å². The molecule has 24 heavy (non-hydrogen) atoms. The summed E-state index contributed by atoms with van der Waals surface area (Å²) >= 11 is 1.22. The minimum Gasteiger partial charge on any atom is -0.348 e. The number of aryl methyl sites for hydroxylation is 1. The van der Waals surface area contributed by atoms with E-state index in [1.54, 1.807) is 0 Å². The third-order valence-corrected chi connectivity index (χ3v) is 4.61. The molecule has 2 rings (SSSR count). The highest BCUT2D eigenvalue weighted by Crippen LogP contribution is 2.22. The lowest BCUT2D eigenvalue weighted by Crippen LogP contribution is -2.33. The molecule has 1 aromatic carbocycles. The van der Waals surface area contributed by atoms with E-state index >= 15 is 0 Å². The number of nitrogens with zero attached hydrogens (tertiary/aromatic N) is 1. The molecule has 6 heteroatoms. The van der Waals surface area contributed by atoms with Crippen LogP contribution in [0.2, 0.25) is 0 Å². The summed E-state index contributed by atoms with van der Waals surface area (Å²) in [5.74, 6) is 0.411. The van der Waals surface area contributed by atoms with Crippen LogP contribution in [0.15, 0.2) is 46.5 Å². The largest absolute Gasteiger partial charge is 0.348 e. The number of carbonyl (C=O) groups excluding carboxylic acids is 1. The second-order valence-electron chi connectivity index (χ2n) is 5.91. The smallest absolute Gasteiger partial charge is 0.251 e. The zero-order valence-electron chi connectivity index (χ0n) is 14.2. The van der Waals surface area contributed by atoms with E-state index in [0.29, 0.717) is 5.16 Å². The average molecular weight is 345 g/mol. The summed E-state index contributed by atoms with van der Waals surface area (Å²) in [4.78, 5) is 30.1. The maximum Gasteiger partial charge on any atom is 0.251 e. The highest BCUT2D eigenvalue weighted by atomic mass is 32.2. The van der Waals surface area contributed by atoms with Gasteiger partial charge in [-0.2, -0.15) is 0 Å². The lowest BCUT2D eigenvalue weighted by molar-refractivity contribution is -0.119. The Bertz CT molecular complexity index is 726. The van der Waals surface area contributed by atoms with Crippen molar-refractivity contribution in [2.24, 2.45) is 5.92 Å². The van der Waals surface area contributed by atoms with Crippen LogP contribution in [-0.2, 0) is 11.2 Å². The molecule has 1 amide bonds. The third kappa shape index (κ3) is 5.23. The van der Waals surface area contributed by atoms with Gasteiger partial charge in [-0.1, -0.05) is 56.8 Å². The van der Waals surface area contributed by atoms with Crippen LogP contribution >= 0.6 is 11.8 Å². The number of nitrogens with one attached hydrogen (secondary N) is 2. The van der Waals surface area contributed by atoms with E-state index in [1.807, 2.05) is 0 Å². The molecule has 0 aliphatic heterocycles. The van der Waals surface area contributed by atoms with Crippen molar-refractivity contribution in [2.45, 2.75) is 38.4 Å². The van der Waals surface area contributed by atoms with Crippen molar-refractivity contribution in [3.63, 3.8) is 0 Å². The molecule has 2 N–H and O–H groups in total. The van der Waals surface area contributed by atoms with Gasteiger partial charge in [0.05, 0.1) is 11.8 Å². The molecule has 0 aliphatic rings. The Hall–Kier alpha value is -2.08. The van der Waals surface area contributed by atoms with E-state index in [9.17, 15) is 9.59 Å². The van der Waals surface area contributed by atoms with Gasteiger partial charge in [0.15, 0.2) is 5.16 Å². The van der Waals surface area contributed by atoms with Crippen LogP contribution in [0, 0.1) is 5.92 Å². The Labute approximate surface area is 146 Å². The minimum absolute atomic E-state index is 0.0354. The van der Waals surface area contributed by atoms with Gasteiger partial charge >= 0.3 is 0 Å². The summed E-state index contributed by atoms with van der Waals surface area (Å²) in [7, 11) is 0. The van der Waals surface area contributed by atoms with Crippen LogP contribution in [0.4, 0.5) is 0 Å². The lowest BCUT2D eigenvalue weighted by atomic mass is 9.95. The molecule has 0 bridgehead atoms. The number of benzene rings is 1. The van der Waals surface area contributed by atoms with E-state index in [2.05, 4.69) is 60.3 Å². The number of carbonyl (C=O) groups is 1. The topological polar surface area (TPSA) is 74.8 Å². The Kier molecular flexibility index (Phi) is 6.61. The number of amides is 1. The number of rotatable bonds is 7. The average Bonchev–Trinajstić information content (AvgIpc) is 2.58. The Balaban J connectivity index is 1.98. The first-order valence-corrected chi connectivity index (χ1v) is 9.04. The molecule has 1 atom stereocenters. The summed E-state index contributed by atoms with van der Waals surface area (Å²) in [6, 6.07) is 9.67. The van der Waals surface area contributed by atoms with Crippen molar-refractivity contribution in [1.82, 2.24) is 15.3 Å². The maximum absolute atomic E-state index is 12.3. The summed E-state index contributed by atoms with van der Waals surface area (Å²) in [6.07, 6.45) is 2.43. The van der Waals surface area contributed by atoms with Gasteiger partial charge in [-0.3, -0.25) is 9.59 Å². The SMILES string of the molecule is CCc1ccc([C@@H](NC(=O)CSc2nccc(=O)[nH]2)C(C)C)cc1. The van der Waals surface area contributed by atoms with Gasteiger partial charge in [-0.05, 0) is 23.5 Å². The van der Waals surface area contributed by atoms with Gasteiger partial charge < -0.3 is 10.3 Å². The predicted octanol–water partition coefficient (Wildman–Crippen LogP) is 2.94. The minimum atomic E-state index is -0.219. The van der Waals surface area contributed by atoms with Gasteiger partial charge in [-0.25, -0.2) is 4.98 Å². The summed E-state index contributed by atoms with van der Waals surface area (Å²) in [6.45, 7) is 6.29. The second kappa shape index (κ2) is 8.68. The Morgan fingerprint density at radius 2 is 1.96 bits per heavy atom. The number of aromatic amines is 1. The molecule has 5 nitrogen and oxygen atoms in total. The van der Waals surface area contributed by atoms with Crippen molar-refractivity contribution >= 4 is 17.7 Å². The van der Waals surface area contributed by atoms with E-state index in [4.69, 9.17) is 0 Å². The van der Waals surface area contributed by atoms with Crippen LogP contribution in [-0.4, -0.2) is 21.6 Å². The molecule has 1 heterocycles. The molecule has 0 aliphatic carbocycles. The molecule has 0 unspecified atom stereocenters. The molecular formula is C18H23N3O2S. The van der Waals surface area contributed by atoms with E-state index in [0.717, 1.165) is 12.0 Å². The molecular weight excluding hydrogens is 322 g/mol. The van der Waals surface area contributed by atoms with Gasteiger partial charge in [0, 0.05) is 12.3 Å². The fourth-order valence-corrected chi connectivity index (χ4v) is 3.03. The maximum atomic E-state index is 12.3. The standard InChI is InChI=1S/C18H23N3O2S/c1-4-13-5-7-14(8-6-13)17(12(2)3)20-16(23)11-24-18-19-10-9-15(22)21-18/h5-10,12,17H,4,11H2,1-3H3,(H,20,23)(H,19,21,22)/t17-/m0/s1. The zero-order chi connectivity index (χ0) is 17.5. The quantitative estimate of drug-likeness (QED) is 0.598. The van der Waals surface area contributed by atoms with Crippen LogP contribution in [0.3, 0.4) is 0 Å². The fourth-order valence-electron chi connectivity index (χ4n) is 2.37. The van der Waals surface area contributed by atoms with Gasteiger partial charge in [0.2, 0.25) is 5.91 Å². The fraction of sp³-hybridized carbons (Fsp3) is 0.389. The molecule has 2 aromatic rings. The van der Waals surface area contributed by atoms with E-state index in [1.165, 1.54) is 29.6 Å². The first kappa shape index (κ1) is 18.3. The van der Waals surface area contributed by atoms with Crippen molar-refractivity contribution in [3.8, 4) is 0 Å². The van der Waals surface area contributed by atoms with Crippen LogP contribution in [0.5, 0.6) is 0 Å². The van der Waals surface area contributed by atoms with Gasteiger partial charge in [-0.15, -0.1) is 0 Å². The molecule has 0 saturated heterocycles. The lowest BCUT2D eigenvalue weighted by Gasteiger charge is -2.23. The van der Waals surface area contributed by atoms with Crippen LogP contribution < -0.4 is 10.9 Å². The van der Waals surface area contributed by atoms with Gasteiger partial charge in [0.25, 0.3) is 5.56 Å². The molecule has 0 radical (unpaired) electrons. The number of thioether (sulfide) groups is 1. The highest BCUT2D eigenvalue weighted by molar-refractivity contribution is 7.99. The van der Waals surface area contributed by atoms with Crippen molar-refractivity contribution in [3.05, 3.63) is 58.0 Å². The van der Waals surface area contributed by atoms with Crippen molar-refractivity contribution < 1.29 is 4.79 Å². The summed E-state index contributed by atoms with van der Waals surface area (Å²) < 4.78 is 0. The molecule has 0 saturated carbocycles. The zero-order valence-corrected chi connectivity index (χ0v) is 15.0. The van der Waals surface area contributed by atoms with Gasteiger partial charge in [0.1, 0.15) is 0 Å². The second-order valence-corrected chi connectivity index (χ2v) is 6.88. The highest BCUT2D eigenvalue weighted by Gasteiger charge is 2.18. The Morgan fingerprint density at radius 1 is 1.25 bits per heavy atom. The third-order valence-electron chi connectivity index (χ3n) is 3.72. The monoisotopic (exact) mass is 345 g/mol.